The standard InChI is InChI=1S/C20H16N2/c1-14-9-10-16-13-15-6-2-3-7-17(15)20(18(16)12-14)22-19-8-4-5-11-21-19/h2-13H,1H3,(H,21,22). The van der Waals surface area contributed by atoms with Crippen LogP contribution in [0.2, 0.25) is 0 Å². The zero-order valence-corrected chi connectivity index (χ0v) is 12.4. The second kappa shape index (κ2) is 5.15. The fourth-order valence-corrected chi connectivity index (χ4v) is 2.88. The van der Waals surface area contributed by atoms with Gasteiger partial charge >= 0.3 is 0 Å². The highest BCUT2D eigenvalue weighted by Gasteiger charge is 2.08. The van der Waals surface area contributed by atoms with E-state index in [1.165, 1.54) is 27.1 Å². The molecule has 0 radical (unpaired) electrons. The maximum Gasteiger partial charge on any atom is 0.130 e. The molecule has 0 bridgehead atoms. The maximum absolute atomic E-state index is 4.40. The van der Waals surface area contributed by atoms with Gasteiger partial charge in [0.2, 0.25) is 0 Å². The van der Waals surface area contributed by atoms with Crippen LogP contribution in [0.15, 0.2) is 72.9 Å². The summed E-state index contributed by atoms with van der Waals surface area (Å²) in [6.45, 7) is 2.12. The number of pyridine rings is 1. The molecule has 0 aliphatic carbocycles. The molecule has 0 atom stereocenters. The summed E-state index contributed by atoms with van der Waals surface area (Å²) in [5, 5.41) is 8.42. The summed E-state index contributed by atoms with van der Waals surface area (Å²) in [4.78, 5) is 4.40. The molecule has 2 nitrogen and oxygen atoms in total. The van der Waals surface area contributed by atoms with E-state index in [9.17, 15) is 0 Å². The van der Waals surface area contributed by atoms with Crippen molar-refractivity contribution < 1.29 is 0 Å². The highest BCUT2D eigenvalue weighted by atomic mass is 15.0. The molecule has 0 unspecified atom stereocenters. The van der Waals surface area contributed by atoms with Crippen LogP contribution in [-0.2, 0) is 0 Å². The van der Waals surface area contributed by atoms with Gasteiger partial charge in [-0.15, -0.1) is 0 Å². The summed E-state index contributed by atoms with van der Waals surface area (Å²) in [5.74, 6) is 0.863. The first kappa shape index (κ1) is 12.8. The molecule has 0 spiro atoms. The molecule has 2 heteroatoms. The van der Waals surface area contributed by atoms with E-state index in [2.05, 4.69) is 65.8 Å². The molecule has 0 fully saturated rings. The summed E-state index contributed by atoms with van der Waals surface area (Å²) in [5.41, 5.74) is 2.38. The Labute approximate surface area is 129 Å². The van der Waals surface area contributed by atoms with Crippen molar-refractivity contribution in [1.29, 1.82) is 0 Å². The number of hydrogen-bond donors (Lipinski definition) is 1. The number of rotatable bonds is 2. The SMILES string of the molecule is Cc1ccc2cc3ccccc3c(Nc3ccccn3)c2c1. The Kier molecular flexibility index (Phi) is 3.01. The predicted molar refractivity (Wildman–Crippen MR) is 93.7 cm³/mol. The van der Waals surface area contributed by atoms with Crippen LogP contribution in [0.4, 0.5) is 11.5 Å². The van der Waals surface area contributed by atoms with Crippen LogP contribution in [0.1, 0.15) is 5.56 Å². The van der Waals surface area contributed by atoms with Crippen LogP contribution in [0.25, 0.3) is 21.5 Å². The fourth-order valence-electron chi connectivity index (χ4n) is 2.88. The molecule has 0 aliphatic rings. The molecule has 0 amide bonds. The highest BCUT2D eigenvalue weighted by Crippen LogP contribution is 2.34. The average Bonchev–Trinajstić information content (AvgIpc) is 2.56. The molecule has 0 aliphatic heterocycles. The minimum atomic E-state index is 0.863. The predicted octanol–water partition coefficient (Wildman–Crippen LogP) is 5.44. The molecule has 4 aromatic rings. The lowest BCUT2D eigenvalue weighted by atomic mass is 9.99. The van der Waals surface area contributed by atoms with E-state index >= 15 is 0 Å². The molecule has 0 saturated heterocycles. The monoisotopic (exact) mass is 284 g/mol. The van der Waals surface area contributed by atoms with Crippen LogP contribution in [0, 0.1) is 6.92 Å². The molecular weight excluding hydrogens is 268 g/mol. The molecule has 1 heterocycles. The van der Waals surface area contributed by atoms with E-state index in [4.69, 9.17) is 0 Å². The van der Waals surface area contributed by atoms with E-state index < -0.39 is 0 Å². The van der Waals surface area contributed by atoms with Crippen molar-refractivity contribution in [3.8, 4) is 0 Å². The van der Waals surface area contributed by atoms with Crippen molar-refractivity contribution in [3.05, 3.63) is 78.5 Å². The van der Waals surface area contributed by atoms with Crippen LogP contribution >= 0.6 is 0 Å². The van der Waals surface area contributed by atoms with Crippen LogP contribution in [0.5, 0.6) is 0 Å². The first-order valence-electron chi connectivity index (χ1n) is 7.41. The number of hydrogen-bond acceptors (Lipinski definition) is 2. The first-order valence-corrected chi connectivity index (χ1v) is 7.41. The van der Waals surface area contributed by atoms with Crippen molar-refractivity contribution in [3.63, 3.8) is 0 Å². The van der Waals surface area contributed by atoms with E-state index in [0.29, 0.717) is 0 Å². The third-order valence-electron chi connectivity index (χ3n) is 3.94. The molecule has 106 valence electrons. The first-order chi connectivity index (χ1) is 10.8. The van der Waals surface area contributed by atoms with Crippen molar-refractivity contribution in [1.82, 2.24) is 4.98 Å². The quantitative estimate of drug-likeness (QED) is 0.496. The largest absolute Gasteiger partial charge is 0.339 e. The lowest BCUT2D eigenvalue weighted by Gasteiger charge is -2.14. The summed E-state index contributed by atoms with van der Waals surface area (Å²) >= 11 is 0. The van der Waals surface area contributed by atoms with Gasteiger partial charge in [0.05, 0.1) is 5.69 Å². The third kappa shape index (κ3) is 2.19. The number of fused-ring (bicyclic) bond motifs is 2. The van der Waals surface area contributed by atoms with Crippen molar-refractivity contribution in [2.24, 2.45) is 0 Å². The van der Waals surface area contributed by atoms with Crippen LogP contribution < -0.4 is 5.32 Å². The third-order valence-corrected chi connectivity index (χ3v) is 3.94. The summed E-state index contributed by atoms with van der Waals surface area (Å²) in [7, 11) is 0. The normalized spacial score (nSPS) is 11.0. The van der Waals surface area contributed by atoms with Crippen LogP contribution in [-0.4, -0.2) is 4.98 Å². The summed E-state index contributed by atoms with van der Waals surface area (Å²) in [6.07, 6.45) is 1.81. The number of anilines is 2. The Morgan fingerprint density at radius 2 is 1.59 bits per heavy atom. The van der Waals surface area contributed by atoms with E-state index in [-0.39, 0.29) is 0 Å². The Morgan fingerprint density at radius 1 is 0.773 bits per heavy atom. The average molecular weight is 284 g/mol. The van der Waals surface area contributed by atoms with Gasteiger partial charge in [0.15, 0.2) is 0 Å². The Balaban J connectivity index is 2.04. The van der Waals surface area contributed by atoms with Gasteiger partial charge in [0.1, 0.15) is 5.82 Å². The zero-order valence-electron chi connectivity index (χ0n) is 12.4. The lowest BCUT2D eigenvalue weighted by molar-refractivity contribution is 1.31. The molecule has 4 rings (SSSR count). The van der Waals surface area contributed by atoms with Crippen LogP contribution in [0.3, 0.4) is 0 Å². The highest BCUT2D eigenvalue weighted by molar-refractivity contribution is 6.12. The number of benzene rings is 3. The van der Waals surface area contributed by atoms with Gasteiger partial charge in [0.25, 0.3) is 0 Å². The van der Waals surface area contributed by atoms with Gasteiger partial charge < -0.3 is 5.32 Å². The fraction of sp³-hybridized carbons (Fsp3) is 0.0500. The lowest BCUT2D eigenvalue weighted by Crippen LogP contribution is -1.95. The topological polar surface area (TPSA) is 24.9 Å². The van der Waals surface area contributed by atoms with Gasteiger partial charge in [-0.1, -0.05) is 48.0 Å². The number of nitrogens with zero attached hydrogens (tertiary/aromatic N) is 1. The van der Waals surface area contributed by atoms with Gasteiger partial charge in [-0.05, 0) is 42.0 Å². The minimum Gasteiger partial charge on any atom is -0.339 e. The Bertz CT molecular complexity index is 959. The molecule has 1 N–H and O–H groups in total. The summed E-state index contributed by atoms with van der Waals surface area (Å²) < 4.78 is 0. The number of aryl methyl sites for hydroxylation is 1. The van der Waals surface area contributed by atoms with Gasteiger partial charge in [-0.25, -0.2) is 4.98 Å². The second-order valence-electron chi connectivity index (χ2n) is 5.54. The smallest absolute Gasteiger partial charge is 0.130 e. The Hall–Kier alpha value is -2.87. The molecule has 22 heavy (non-hydrogen) atoms. The van der Waals surface area contributed by atoms with Crippen molar-refractivity contribution in [2.75, 3.05) is 5.32 Å². The van der Waals surface area contributed by atoms with Gasteiger partial charge in [0, 0.05) is 17.0 Å². The van der Waals surface area contributed by atoms with Crippen molar-refractivity contribution in [2.45, 2.75) is 6.92 Å². The summed E-state index contributed by atoms with van der Waals surface area (Å²) in [6, 6.07) is 23.2. The number of aromatic nitrogens is 1. The van der Waals surface area contributed by atoms with Crippen molar-refractivity contribution >= 4 is 33.1 Å². The molecular formula is C20H16N2. The van der Waals surface area contributed by atoms with E-state index in [1.807, 2.05) is 18.2 Å². The molecule has 1 aromatic heterocycles. The van der Waals surface area contributed by atoms with E-state index in [1.54, 1.807) is 6.20 Å². The zero-order chi connectivity index (χ0) is 14.9. The Morgan fingerprint density at radius 3 is 2.45 bits per heavy atom. The van der Waals surface area contributed by atoms with Gasteiger partial charge in [-0.2, -0.15) is 0 Å². The second-order valence-corrected chi connectivity index (χ2v) is 5.54. The molecule has 0 saturated carbocycles. The maximum atomic E-state index is 4.40. The van der Waals surface area contributed by atoms with Gasteiger partial charge in [-0.3, -0.25) is 0 Å². The van der Waals surface area contributed by atoms with E-state index in [0.717, 1.165) is 11.5 Å². The molecule has 3 aromatic carbocycles. The number of nitrogens with one attached hydrogen (secondary N) is 1. The minimum absolute atomic E-state index is 0.863.